The van der Waals surface area contributed by atoms with Gasteiger partial charge >= 0.3 is 11.7 Å². The number of carbonyl (C=O) groups excluding carboxylic acids is 1. The maximum Gasteiger partial charge on any atom is 0.353 e. The number of aromatic nitrogens is 4. The number of carbonyl (C=O) groups is 1. The van der Waals surface area contributed by atoms with Gasteiger partial charge in [0.15, 0.2) is 0 Å². The molecule has 2 aromatic heterocycles. The third kappa shape index (κ3) is 5.05. The van der Waals surface area contributed by atoms with Crippen molar-refractivity contribution in [2.24, 2.45) is 0 Å². The van der Waals surface area contributed by atoms with Crippen LogP contribution in [0.3, 0.4) is 0 Å². The fourth-order valence-corrected chi connectivity index (χ4v) is 4.05. The van der Waals surface area contributed by atoms with Gasteiger partial charge in [-0.25, -0.2) is 19.7 Å². The Balaban J connectivity index is 1.83. The van der Waals surface area contributed by atoms with Gasteiger partial charge in [-0.15, -0.1) is 0 Å². The lowest BCUT2D eigenvalue weighted by molar-refractivity contribution is -0.383. The summed E-state index contributed by atoms with van der Waals surface area (Å²) < 4.78 is 6.07. The number of anilines is 2. The first-order valence-electron chi connectivity index (χ1n) is 11.1. The van der Waals surface area contributed by atoms with Gasteiger partial charge in [-0.05, 0) is 38.1 Å². The zero-order chi connectivity index (χ0) is 26.7. The summed E-state index contributed by atoms with van der Waals surface area (Å²) in [6, 6.07) is 12.2. The van der Waals surface area contributed by atoms with Crippen molar-refractivity contribution in [3.63, 3.8) is 0 Å². The summed E-state index contributed by atoms with van der Waals surface area (Å²) in [6.45, 7) is 3.17. The molecule has 2 heterocycles. The monoisotopic (exact) mass is 523 g/mol. The van der Waals surface area contributed by atoms with Crippen LogP contribution in [0.15, 0.2) is 59.7 Å². The number of hydrogen-bond acceptors (Lipinski definition) is 10. The highest BCUT2D eigenvalue weighted by Crippen LogP contribution is 2.32. The summed E-state index contributed by atoms with van der Waals surface area (Å²) in [5, 5.41) is 18.1. The van der Waals surface area contributed by atoms with Crippen molar-refractivity contribution in [3.05, 3.63) is 86.2 Å². The Morgan fingerprint density at radius 2 is 1.76 bits per heavy atom. The van der Waals surface area contributed by atoms with E-state index in [1.54, 1.807) is 49.4 Å². The maximum atomic E-state index is 13.6. The minimum atomic E-state index is -0.904. The van der Waals surface area contributed by atoms with Crippen molar-refractivity contribution in [2.75, 3.05) is 17.7 Å². The molecule has 4 rings (SSSR count). The molecule has 0 spiro atoms. The molecule has 0 bridgehead atoms. The van der Waals surface area contributed by atoms with Crippen molar-refractivity contribution < 1.29 is 14.5 Å². The maximum absolute atomic E-state index is 13.6. The zero-order valence-electron chi connectivity index (χ0n) is 20.0. The average Bonchev–Trinajstić information content (AvgIpc) is 2.88. The number of fused-ring (bicyclic) bond motifs is 1. The van der Waals surface area contributed by atoms with E-state index in [9.17, 15) is 19.7 Å². The van der Waals surface area contributed by atoms with Crippen LogP contribution in [0.2, 0.25) is 5.02 Å². The number of esters is 1. The van der Waals surface area contributed by atoms with Crippen LogP contribution in [0, 0.1) is 10.1 Å². The number of halogens is 1. The summed E-state index contributed by atoms with van der Waals surface area (Å²) >= 11 is 6.33. The largest absolute Gasteiger partial charge is 0.467 e. The average molecular weight is 524 g/mol. The highest BCUT2D eigenvalue weighted by Gasteiger charge is 2.28. The van der Waals surface area contributed by atoms with E-state index in [1.807, 2.05) is 6.07 Å². The molecular weight excluding hydrogens is 502 g/mol. The summed E-state index contributed by atoms with van der Waals surface area (Å²) in [5.41, 5.74) is 0.0381. The molecule has 0 aliphatic rings. The third-order valence-corrected chi connectivity index (χ3v) is 5.86. The summed E-state index contributed by atoms with van der Waals surface area (Å²) in [5.74, 6) is -0.656. The van der Waals surface area contributed by atoms with Crippen molar-refractivity contribution >= 4 is 45.8 Å². The molecule has 0 unspecified atom stereocenters. The van der Waals surface area contributed by atoms with Crippen molar-refractivity contribution in [3.8, 4) is 5.69 Å². The molecule has 37 heavy (non-hydrogen) atoms. The summed E-state index contributed by atoms with van der Waals surface area (Å²) in [7, 11) is 1.21. The molecule has 0 aliphatic heterocycles. The van der Waals surface area contributed by atoms with Gasteiger partial charge < -0.3 is 15.4 Å². The minimum Gasteiger partial charge on any atom is -0.467 e. The Morgan fingerprint density at radius 1 is 1.08 bits per heavy atom. The molecule has 2 aromatic carbocycles. The first-order valence-corrected chi connectivity index (χ1v) is 11.5. The van der Waals surface area contributed by atoms with Crippen LogP contribution in [0.4, 0.5) is 17.3 Å². The molecule has 0 amide bonds. The number of nitro groups is 1. The SMILES string of the molecule is COC(=O)[C@H](C)Nc1ncnc(N[C@@H](C)c2nc3cccc(Cl)c3c(=O)n2-c2ccccc2)c1[N+](=O)[O-]. The van der Waals surface area contributed by atoms with E-state index >= 15 is 0 Å². The molecule has 2 atom stereocenters. The molecule has 0 fully saturated rings. The van der Waals surface area contributed by atoms with Gasteiger partial charge in [-0.1, -0.05) is 35.9 Å². The topological polar surface area (TPSA) is 154 Å². The first-order chi connectivity index (χ1) is 17.7. The Bertz CT molecular complexity index is 1540. The normalized spacial score (nSPS) is 12.5. The van der Waals surface area contributed by atoms with Crippen LogP contribution >= 0.6 is 11.6 Å². The molecule has 0 saturated carbocycles. The predicted octanol–water partition coefficient (Wildman–Crippen LogP) is 3.88. The van der Waals surface area contributed by atoms with Crippen LogP contribution in [0.5, 0.6) is 0 Å². The highest BCUT2D eigenvalue weighted by molar-refractivity contribution is 6.35. The number of ether oxygens (including phenoxy) is 1. The van der Waals surface area contributed by atoms with Crippen LogP contribution in [0.1, 0.15) is 25.7 Å². The van der Waals surface area contributed by atoms with Gasteiger partial charge in [0.05, 0.1) is 39.7 Å². The van der Waals surface area contributed by atoms with E-state index in [1.165, 1.54) is 18.6 Å². The molecule has 190 valence electrons. The fourth-order valence-electron chi connectivity index (χ4n) is 3.80. The molecular formula is C24H22ClN7O5. The second-order valence-corrected chi connectivity index (χ2v) is 8.42. The van der Waals surface area contributed by atoms with Crippen LogP contribution in [-0.2, 0) is 9.53 Å². The number of hydrogen-bond donors (Lipinski definition) is 2. The van der Waals surface area contributed by atoms with E-state index in [0.717, 1.165) is 6.33 Å². The van der Waals surface area contributed by atoms with Gasteiger partial charge in [0.25, 0.3) is 5.56 Å². The standard InChI is InChI=1S/C24H22ClN7O5/c1-13(28-20-19(32(35)36)21(27-12-26-20)29-14(2)24(34)37-3)22-30-17-11-7-10-16(25)18(17)23(33)31(22)15-8-5-4-6-9-15/h4-14H,1-3H3,(H2,26,27,28,29)/t13-,14-/m0/s1. The van der Waals surface area contributed by atoms with Gasteiger partial charge in [0.2, 0.25) is 11.6 Å². The number of benzene rings is 2. The second kappa shape index (κ2) is 10.6. The van der Waals surface area contributed by atoms with Crippen molar-refractivity contribution in [1.29, 1.82) is 0 Å². The Labute approximate surface area is 215 Å². The summed E-state index contributed by atoms with van der Waals surface area (Å²) in [4.78, 5) is 49.4. The number of rotatable bonds is 8. The molecule has 0 aliphatic carbocycles. The third-order valence-electron chi connectivity index (χ3n) is 5.54. The molecule has 0 radical (unpaired) electrons. The van der Waals surface area contributed by atoms with E-state index in [-0.39, 0.29) is 27.9 Å². The smallest absolute Gasteiger partial charge is 0.353 e. The zero-order valence-corrected chi connectivity index (χ0v) is 20.8. The van der Waals surface area contributed by atoms with Crippen molar-refractivity contribution in [1.82, 2.24) is 19.5 Å². The van der Waals surface area contributed by atoms with Crippen LogP contribution in [0.25, 0.3) is 16.6 Å². The molecule has 0 saturated heterocycles. The first kappa shape index (κ1) is 25.5. The fraction of sp³-hybridized carbons (Fsp3) is 0.208. The molecule has 13 heteroatoms. The van der Waals surface area contributed by atoms with E-state index in [0.29, 0.717) is 11.2 Å². The molecule has 4 aromatic rings. The number of nitrogens with zero attached hydrogens (tertiary/aromatic N) is 5. The second-order valence-electron chi connectivity index (χ2n) is 8.01. The Morgan fingerprint density at radius 3 is 2.41 bits per heavy atom. The lowest BCUT2D eigenvalue weighted by Crippen LogP contribution is -2.29. The van der Waals surface area contributed by atoms with Crippen LogP contribution in [-0.4, -0.2) is 43.6 Å². The van der Waals surface area contributed by atoms with E-state index in [2.05, 4.69) is 30.3 Å². The Kier molecular flexibility index (Phi) is 7.30. The lowest BCUT2D eigenvalue weighted by atomic mass is 10.2. The summed E-state index contributed by atoms with van der Waals surface area (Å²) in [6.07, 6.45) is 1.12. The molecule has 2 N–H and O–H groups in total. The number of methoxy groups -OCH3 is 1. The number of nitrogens with one attached hydrogen (secondary N) is 2. The van der Waals surface area contributed by atoms with E-state index < -0.39 is 34.2 Å². The van der Waals surface area contributed by atoms with Crippen LogP contribution < -0.4 is 16.2 Å². The van der Waals surface area contributed by atoms with Gasteiger partial charge in [0.1, 0.15) is 18.2 Å². The number of para-hydroxylation sites is 1. The van der Waals surface area contributed by atoms with Crippen molar-refractivity contribution in [2.45, 2.75) is 25.9 Å². The quantitative estimate of drug-likeness (QED) is 0.197. The van der Waals surface area contributed by atoms with E-state index in [4.69, 9.17) is 11.6 Å². The minimum absolute atomic E-state index is 0.132. The molecule has 12 nitrogen and oxygen atoms in total. The highest BCUT2D eigenvalue weighted by atomic mass is 35.5. The van der Waals surface area contributed by atoms with Gasteiger partial charge in [-0.3, -0.25) is 19.5 Å². The lowest BCUT2D eigenvalue weighted by Gasteiger charge is -2.20. The predicted molar refractivity (Wildman–Crippen MR) is 138 cm³/mol. The Hall–Kier alpha value is -4.58. The van der Waals surface area contributed by atoms with Gasteiger partial charge in [0, 0.05) is 0 Å². The van der Waals surface area contributed by atoms with Gasteiger partial charge in [-0.2, -0.15) is 0 Å².